The Balaban J connectivity index is 1.55. The van der Waals surface area contributed by atoms with E-state index in [1.54, 1.807) is 12.5 Å². The van der Waals surface area contributed by atoms with Crippen LogP contribution in [-0.2, 0) is 20.6 Å². The summed E-state index contributed by atoms with van der Waals surface area (Å²) in [6.07, 6.45) is 10.1. The maximum absolute atomic E-state index is 12.1. The number of ether oxygens (including phenoxy) is 2. The van der Waals surface area contributed by atoms with Gasteiger partial charge in [-0.05, 0) is 55.5 Å². The first kappa shape index (κ1) is 24.3. The highest BCUT2D eigenvalue weighted by Crippen LogP contribution is 2.38. The van der Waals surface area contributed by atoms with Crippen LogP contribution in [0.2, 0.25) is 0 Å². The Morgan fingerprint density at radius 2 is 1.89 bits per heavy atom. The van der Waals surface area contributed by atoms with Gasteiger partial charge in [0.1, 0.15) is 23.3 Å². The van der Waals surface area contributed by atoms with Gasteiger partial charge < -0.3 is 18.9 Å². The van der Waals surface area contributed by atoms with Gasteiger partial charge in [-0.15, -0.1) is 0 Å². The molecule has 0 saturated carbocycles. The first-order valence-corrected chi connectivity index (χ1v) is 14.2. The number of rotatable bonds is 5. The fourth-order valence-electron chi connectivity index (χ4n) is 5.12. The van der Waals surface area contributed by atoms with Gasteiger partial charge in [0.2, 0.25) is 5.03 Å². The van der Waals surface area contributed by atoms with Crippen molar-refractivity contribution in [3.63, 3.8) is 0 Å². The molecule has 0 radical (unpaired) electrons. The fourth-order valence-corrected chi connectivity index (χ4v) is 5.66. The zero-order valence-electron chi connectivity index (χ0n) is 21.1. The van der Waals surface area contributed by atoms with Gasteiger partial charge in [-0.1, -0.05) is 0 Å². The Morgan fingerprint density at radius 3 is 2.65 bits per heavy atom. The summed E-state index contributed by atoms with van der Waals surface area (Å²) < 4.78 is 25.6. The second-order valence-electron chi connectivity index (χ2n) is 9.46. The van der Waals surface area contributed by atoms with Crippen LogP contribution in [0, 0.1) is 6.92 Å². The van der Waals surface area contributed by atoms with Crippen LogP contribution >= 0.6 is 0 Å². The number of anilines is 1. The summed E-state index contributed by atoms with van der Waals surface area (Å²) in [4.78, 5) is 16.7. The van der Waals surface area contributed by atoms with Crippen molar-refractivity contribution in [2.75, 3.05) is 44.1 Å². The molecule has 9 nitrogen and oxygen atoms in total. The molecule has 0 aromatic carbocycles. The Morgan fingerprint density at radius 1 is 1.03 bits per heavy atom. The van der Waals surface area contributed by atoms with Gasteiger partial charge in [-0.3, -0.25) is 4.98 Å². The molecule has 0 spiro atoms. The van der Waals surface area contributed by atoms with Crippen LogP contribution in [0.1, 0.15) is 31.1 Å². The van der Waals surface area contributed by atoms with E-state index in [0.29, 0.717) is 18.2 Å². The van der Waals surface area contributed by atoms with Crippen LogP contribution in [0.3, 0.4) is 0 Å². The van der Waals surface area contributed by atoms with Crippen molar-refractivity contribution in [3.05, 3.63) is 48.4 Å². The minimum absolute atomic E-state index is 0.105. The van der Waals surface area contributed by atoms with Crippen LogP contribution in [0.15, 0.2) is 47.9 Å². The van der Waals surface area contributed by atoms with Crippen molar-refractivity contribution in [2.45, 2.75) is 37.4 Å². The Kier molecular flexibility index (Phi) is 6.81. The molecule has 0 aliphatic carbocycles. The number of hydrogen-bond donors (Lipinski definition) is 0. The van der Waals surface area contributed by atoms with E-state index < -0.39 is 11.2 Å². The van der Waals surface area contributed by atoms with Crippen LogP contribution < -0.4 is 4.90 Å². The molecule has 0 N–H and O–H groups in total. The summed E-state index contributed by atoms with van der Waals surface area (Å²) in [5.41, 5.74) is 5.49. The van der Waals surface area contributed by atoms with Crippen molar-refractivity contribution < 1.29 is 14.0 Å². The Hall–Kier alpha value is -3.05. The molecule has 4 aromatic heterocycles. The molecule has 2 aliphatic rings. The zero-order chi connectivity index (χ0) is 25.4. The molecule has 0 amide bonds. The SMILES string of the molecule is Cc1cc([S+](C)[O-])ncc1-c1cc(N2CCOCC2)nc2c(-c3ccnn3C3CCCCO3)nccc12. The van der Waals surface area contributed by atoms with E-state index in [0.717, 1.165) is 83.8 Å². The monoisotopic (exact) mass is 518 g/mol. The summed E-state index contributed by atoms with van der Waals surface area (Å²) in [6, 6.07) is 8.03. The number of morpholine rings is 1. The molecule has 10 heteroatoms. The van der Waals surface area contributed by atoms with E-state index in [1.165, 1.54) is 0 Å². The molecule has 192 valence electrons. The van der Waals surface area contributed by atoms with Crippen LogP contribution in [0.25, 0.3) is 33.4 Å². The lowest BCUT2D eigenvalue weighted by Crippen LogP contribution is -2.36. The van der Waals surface area contributed by atoms with Crippen molar-refractivity contribution in [1.82, 2.24) is 24.7 Å². The summed E-state index contributed by atoms with van der Waals surface area (Å²) in [5, 5.41) is 6.17. The van der Waals surface area contributed by atoms with E-state index in [4.69, 9.17) is 19.4 Å². The second-order valence-corrected chi connectivity index (χ2v) is 10.8. The molecule has 2 saturated heterocycles. The lowest BCUT2D eigenvalue weighted by Gasteiger charge is -2.29. The average Bonchev–Trinajstić information content (AvgIpc) is 3.43. The van der Waals surface area contributed by atoms with E-state index in [-0.39, 0.29) is 6.23 Å². The summed E-state index contributed by atoms with van der Waals surface area (Å²) in [6.45, 7) is 5.64. The molecule has 6 rings (SSSR count). The lowest BCUT2D eigenvalue weighted by atomic mass is 9.98. The zero-order valence-corrected chi connectivity index (χ0v) is 21.9. The van der Waals surface area contributed by atoms with Gasteiger partial charge in [0.05, 0.1) is 18.9 Å². The standard InChI is InChI=1S/C27H30N6O3S/c1-18-15-24(37(2)34)29-17-21(18)20-16-23(32-10-13-35-14-11-32)31-26-19(20)6-8-28-27(26)22-7-9-30-33(22)25-5-3-4-12-36-25/h6-9,15-17,25H,3-5,10-14H2,1-2H3. The quantitative estimate of drug-likeness (QED) is 0.364. The molecule has 4 aromatic rings. The Bertz CT molecular complexity index is 1410. The molecule has 2 aliphatic heterocycles. The summed E-state index contributed by atoms with van der Waals surface area (Å²) in [7, 11) is 0. The minimum Gasteiger partial charge on any atom is -0.610 e. The van der Waals surface area contributed by atoms with Gasteiger partial charge >= 0.3 is 0 Å². The highest BCUT2D eigenvalue weighted by Gasteiger charge is 2.24. The van der Waals surface area contributed by atoms with Gasteiger partial charge in [0.15, 0.2) is 6.23 Å². The van der Waals surface area contributed by atoms with Crippen molar-refractivity contribution >= 4 is 27.9 Å². The molecule has 2 unspecified atom stereocenters. The van der Waals surface area contributed by atoms with Gasteiger partial charge in [-0.2, -0.15) is 5.10 Å². The topological polar surface area (TPSA) is 101 Å². The van der Waals surface area contributed by atoms with Gasteiger partial charge in [0.25, 0.3) is 0 Å². The molecule has 2 fully saturated rings. The highest BCUT2D eigenvalue weighted by molar-refractivity contribution is 7.90. The number of fused-ring (bicyclic) bond motifs is 1. The molecule has 2 atom stereocenters. The number of nitrogens with zero attached hydrogens (tertiary/aromatic N) is 6. The minimum atomic E-state index is -1.15. The second kappa shape index (κ2) is 10.4. The molecule has 37 heavy (non-hydrogen) atoms. The Labute approximate surface area is 219 Å². The van der Waals surface area contributed by atoms with Gasteiger partial charge in [0, 0.05) is 66.5 Å². The maximum atomic E-state index is 12.1. The lowest BCUT2D eigenvalue weighted by molar-refractivity contribution is -0.0383. The first-order valence-electron chi connectivity index (χ1n) is 12.7. The van der Waals surface area contributed by atoms with Crippen LogP contribution in [-0.4, -0.2) is 68.5 Å². The van der Waals surface area contributed by atoms with Crippen molar-refractivity contribution in [3.8, 4) is 22.5 Å². The van der Waals surface area contributed by atoms with E-state index in [2.05, 4.69) is 21.0 Å². The number of pyridine rings is 3. The maximum Gasteiger partial charge on any atom is 0.244 e. The number of aromatic nitrogens is 5. The normalized spacial score (nSPS) is 19.3. The number of aryl methyl sites for hydroxylation is 1. The molecular weight excluding hydrogens is 488 g/mol. The molecule has 0 bridgehead atoms. The smallest absolute Gasteiger partial charge is 0.244 e. The summed E-state index contributed by atoms with van der Waals surface area (Å²) in [5.74, 6) is 0.877. The molecular formula is C27H30N6O3S. The van der Waals surface area contributed by atoms with E-state index >= 15 is 0 Å². The predicted molar refractivity (Wildman–Crippen MR) is 143 cm³/mol. The summed E-state index contributed by atoms with van der Waals surface area (Å²) >= 11 is -1.15. The average molecular weight is 519 g/mol. The van der Waals surface area contributed by atoms with Crippen LogP contribution in [0.4, 0.5) is 5.82 Å². The predicted octanol–water partition coefficient (Wildman–Crippen LogP) is 4.14. The first-order chi connectivity index (χ1) is 18.1. The highest BCUT2D eigenvalue weighted by atomic mass is 32.2. The third-order valence-corrected chi connectivity index (χ3v) is 7.87. The fraction of sp³-hybridized carbons (Fsp3) is 0.407. The number of hydrogen-bond acceptors (Lipinski definition) is 8. The van der Waals surface area contributed by atoms with Crippen molar-refractivity contribution in [1.29, 1.82) is 0 Å². The van der Waals surface area contributed by atoms with E-state index in [9.17, 15) is 4.55 Å². The van der Waals surface area contributed by atoms with Gasteiger partial charge in [-0.25, -0.2) is 14.6 Å². The largest absolute Gasteiger partial charge is 0.610 e. The van der Waals surface area contributed by atoms with Crippen molar-refractivity contribution in [2.24, 2.45) is 0 Å². The van der Waals surface area contributed by atoms with E-state index in [1.807, 2.05) is 42.2 Å². The third kappa shape index (κ3) is 4.70. The van der Waals surface area contributed by atoms with Crippen LogP contribution in [0.5, 0.6) is 0 Å². The third-order valence-electron chi connectivity index (χ3n) is 7.06. The molecule has 6 heterocycles.